The Morgan fingerprint density at radius 2 is 2.38 bits per heavy atom. The van der Waals surface area contributed by atoms with E-state index < -0.39 is 0 Å². The fourth-order valence-corrected chi connectivity index (χ4v) is 2.99. The molecule has 1 aliphatic heterocycles. The van der Waals surface area contributed by atoms with Gasteiger partial charge >= 0.3 is 0 Å². The van der Waals surface area contributed by atoms with Crippen molar-refractivity contribution in [3.8, 4) is 0 Å². The van der Waals surface area contributed by atoms with Crippen LogP contribution in [0.3, 0.4) is 0 Å². The summed E-state index contributed by atoms with van der Waals surface area (Å²) in [4.78, 5) is 16.5. The zero-order valence-electron chi connectivity index (χ0n) is 11.7. The van der Waals surface area contributed by atoms with Crippen LogP contribution in [0.15, 0.2) is 30.5 Å². The SMILES string of the molecule is O=C(CCC1CCNC1)Nc1cc(Cl)cc2cccnc12. The summed E-state index contributed by atoms with van der Waals surface area (Å²) in [5, 5.41) is 7.80. The van der Waals surface area contributed by atoms with Crippen molar-refractivity contribution in [3.63, 3.8) is 0 Å². The molecular formula is C16H18ClN3O. The van der Waals surface area contributed by atoms with Crippen molar-refractivity contribution < 1.29 is 4.79 Å². The van der Waals surface area contributed by atoms with Gasteiger partial charge in [-0.3, -0.25) is 9.78 Å². The zero-order chi connectivity index (χ0) is 14.7. The summed E-state index contributed by atoms with van der Waals surface area (Å²) in [6.45, 7) is 2.09. The number of hydrogen-bond acceptors (Lipinski definition) is 3. The molecule has 1 saturated heterocycles. The van der Waals surface area contributed by atoms with Crippen molar-refractivity contribution in [1.82, 2.24) is 10.3 Å². The maximum absolute atomic E-state index is 12.1. The predicted octanol–water partition coefficient (Wildman–Crippen LogP) is 3.22. The fraction of sp³-hybridized carbons (Fsp3) is 0.375. The van der Waals surface area contributed by atoms with E-state index in [1.165, 1.54) is 0 Å². The van der Waals surface area contributed by atoms with Crippen molar-refractivity contribution in [1.29, 1.82) is 0 Å². The van der Waals surface area contributed by atoms with E-state index in [0.29, 0.717) is 23.0 Å². The van der Waals surface area contributed by atoms with E-state index >= 15 is 0 Å². The molecule has 2 heterocycles. The molecule has 1 aromatic heterocycles. The molecule has 5 heteroatoms. The minimum Gasteiger partial charge on any atom is -0.324 e. The van der Waals surface area contributed by atoms with Crippen LogP contribution >= 0.6 is 11.6 Å². The molecule has 1 atom stereocenters. The summed E-state index contributed by atoms with van der Waals surface area (Å²) in [6.07, 6.45) is 4.34. The molecule has 3 rings (SSSR count). The van der Waals surface area contributed by atoms with Gasteiger partial charge in [0.2, 0.25) is 5.91 Å². The number of rotatable bonds is 4. The van der Waals surface area contributed by atoms with E-state index in [9.17, 15) is 4.79 Å². The smallest absolute Gasteiger partial charge is 0.224 e. The lowest BCUT2D eigenvalue weighted by atomic mass is 10.0. The number of carbonyl (C=O) groups excluding carboxylic acids is 1. The van der Waals surface area contributed by atoms with Crippen molar-refractivity contribution >= 4 is 34.1 Å². The molecule has 0 saturated carbocycles. The van der Waals surface area contributed by atoms with E-state index in [1.54, 1.807) is 12.3 Å². The molecule has 2 aromatic rings. The molecular weight excluding hydrogens is 286 g/mol. The van der Waals surface area contributed by atoms with E-state index in [1.807, 2.05) is 18.2 Å². The van der Waals surface area contributed by atoms with Crippen LogP contribution in [0.2, 0.25) is 5.02 Å². The number of hydrogen-bond donors (Lipinski definition) is 2. The monoisotopic (exact) mass is 303 g/mol. The molecule has 0 aliphatic carbocycles. The summed E-state index contributed by atoms with van der Waals surface area (Å²) in [6, 6.07) is 7.40. The van der Waals surface area contributed by atoms with E-state index in [4.69, 9.17) is 11.6 Å². The molecule has 110 valence electrons. The largest absolute Gasteiger partial charge is 0.324 e. The van der Waals surface area contributed by atoms with Crippen molar-refractivity contribution in [3.05, 3.63) is 35.5 Å². The van der Waals surface area contributed by atoms with Crippen LogP contribution in [0.5, 0.6) is 0 Å². The Balaban J connectivity index is 1.70. The Morgan fingerprint density at radius 1 is 1.48 bits per heavy atom. The summed E-state index contributed by atoms with van der Waals surface area (Å²) in [5.41, 5.74) is 1.46. The van der Waals surface area contributed by atoms with Gasteiger partial charge < -0.3 is 10.6 Å². The second kappa shape index (κ2) is 6.41. The average molecular weight is 304 g/mol. The van der Waals surface area contributed by atoms with E-state index in [2.05, 4.69) is 15.6 Å². The number of nitrogens with one attached hydrogen (secondary N) is 2. The highest BCUT2D eigenvalue weighted by atomic mass is 35.5. The maximum Gasteiger partial charge on any atom is 0.224 e. The summed E-state index contributed by atoms with van der Waals surface area (Å²) < 4.78 is 0. The Morgan fingerprint density at radius 3 is 3.19 bits per heavy atom. The lowest BCUT2D eigenvalue weighted by Gasteiger charge is -2.10. The number of carbonyl (C=O) groups is 1. The number of halogens is 1. The van der Waals surface area contributed by atoms with Gasteiger partial charge in [0.05, 0.1) is 11.2 Å². The molecule has 0 radical (unpaired) electrons. The van der Waals surface area contributed by atoms with Gasteiger partial charge in [-0.2, -0.15) is 0 Å². The molecule has 2 N–H and O–H groups in total. The van der Waals surface area contributed by atoms with Crippen LogP contribution in [-0.4, -0.2) is 24.0 Å². The van der Waals surface area contributed by atoms with Crippen LogP contribution < -0.4 is 10.6 Å². The van der Waals surface area contributed by atoms with Crippen LogP contribution in [-0.2, 0) is 4.79 Å². The molecule has 4 nitrogen and oxygen atoms in total. The maximum atomic E-state index is 12.1. The van der Waals surface area contributed by atoms with Crippen LogP contribution in [0.1, 0.15) is 19.3 Å². The van der Waals surface area contributed by atoms with Crippen LogP contribution in [0.4, 0.5) is 5.69 Å². The number of benzene rings is 1. The topological polar surface area (TPSA) is 54.0 Å². The standard InChI is InChI=1S/C16H18ClN3O/c17-13-8-12-2-1-6-19-16(12)14(9-13)20-15(21)4-3-11-5-7-18-10-11/h1-2,6,8-9,11,18H,3-5,7,10H2,(H,20,21). The zero-order valence-corrected chi connectivity index (χ0v) is 12.5. The molecule has 1 fully saturated rings. The first-order chi connectivity index (χ1) is 10.2. The number of anilines is 1. The normalized spacial score (nSPS) is 18.0. The lowest BCUT2D eigenvalue weighted by molar-refractivity contribution is -0.116. The second-order valence-corrected chi connectivity index (χ2v) is 5.91. The number of pyridine rings is 1. The molecule has 0 bridgehead atoms. The minimum absolute atomic E-state index is 0.0242. The third-order valence-corrected chi connectivity index (χ3v) is 4.10. The summed E-state index contributed by atoms with van der Waals surface area (Å²) in [7, 11) is 0. The van der Waals surface area contributed by atoms with E-state index in [-0.39, 0.29) is 5.91 Å². The van der Waals surface area contributed by atoms with Gasteiger partial charge in [0, 0.05) is 23.0 Å². The first kappa shape index (κ1) is 14.3. The molecule has 1 aliphatic rings. The Bertz CT molecular complexity index is 653. The van der Waals surface area contributed by atoms with Gasteiger partial charge in [0.25, 0.3) is 0 Å². The number of amides is 1. The number of fused-ring (bicyclic) bond motifs is 1. The third kappa shape index (κ3) is 3.52. The second-order valence-electron chi connectivity index (χ2n) is 5.47. The molecule has 0 spiro atoms. The highest BCUT2D eigenvalue weighted by Gasteiger charge is 2.16. The highest BCUT2D eigenvalue weighted by Crippen LogP contribution is 2.26. The van der Waals surface area contributed by atoms with Gasteiger partial charge in [-0.05, 0) is 50.0 Å². The molecule has 1 unspecified atom stereocenters. The Kier molecular flexibility index (Phi) is 4.36. The van der Waals surface area contributed by atoms with Crippen molar-refractivity contribution in [2.24, 2.45) is 5.92 Å². The van der Waals surface area contributed by atoms with Gasteiger partial charge in [-0.1, -0.05) is 17.7 Å². The average Bonchev–Trinajstić information content (AvgIpc) is 2.98. The van der Waals surface area contributed by atoms with Gasteiger partial charge in [0.1, 0.15) is 0 Å². The van der Waals surface area contributed by atoms with Gasteiger partial charge in [-0.25, -0.2) is 0 Å². The number of nitrogens with zero attached hydrogens (tertiary/aromatic N) is 1. The van der Waals surface area contributed by atoms with Crippen molar-refractivity contribution in [2.45, 2.75) is 19.3 Å². The molecule has 1 aromatic carbocycles. The summed E-state index contributed by atoms with van der Waals surface area (Å²) in [5.74, 6) is 0.640. The first-order valence-electron chi connectivity index (χ1n) is 7.27. The van der Waals surface area contributed by atoms with E-state index in [0.717, 1.165) is 36.8 Å². The lowest BCUT2D eigenvalue weighted by Crippen LogP contribution is -2.15. The fourth-order valence-electron chi connectivity index (χ4n) is 2.76. The summed E-state index contributed by atoms with van der Waals surface area (Å²) >= 11 is 6.10. The predicted molar refractivity (Wildman–Crippen MR) is 85.6 cm³/mol. The van der Waals surface area contributed by atoms with Crippen molar-refractivity contribution in [2.75, 3.05) is 18.4 Å². The van der Waals surface area contributed by atoms with Gasteiger partial charge in [0.15, 0.2) is 0 Å². The molecule has 1 amide bonds. The minimum atomic E-state index is 0.0242. The number of aromatic nitrogens is 1. The van der Waals surface area contributed by atoms with Crippen LogP contribution in [0.25, 0.3) is 10.9 Å². The first-order valence-corrected chi connectivity index (χ1v) is 7.65. The third-order valence-electron chi connectivity index (χ3n) is 3.89. The Hall–Kier alpha value is -1.65. The van der Waals surface area contributed by atoms with Gasteiger partial charge in [-0.15, -0.1) is 0 Å². The quantitative estimate of drug-likeness (QED) is 0.912. The molecule has 21 heavy (non-hydrogen) atoms. The van der Waals surface area contributed by atoms with Crippen LogP contribution in [0, 0.1) is 5.92 Å². The highest BCUT2D eigenvalue weighted by molar-refractivity contribution is 6.32. The Labute approximate surface area is 128 Å².